The van der Waals surface area contributed by atoms with Crippen LogP contribution in [0.1, 0.15) is 44.1 Å². The second-order valence-corrected chi connectivity index (χ2v) is 9.37. The van der Waals surface area contributed by atoms with Gasteiger partial charge in [-0.3, -0.25) is 9.59 Å². The molecule has 4 aromatic rings. The van der Waals surface area contributed by atoms with E-state index in [1.54, 1.807) is 36.3 Å². The van der Waals surface area contributed by atoms with E-state index in [-0.39, 0.29) is 11.8 Å². The normalized spacial score (nSPS) is 12.7. The molecular weight excluding hydrogens is 464 g/mol. The number of methoxy groups -OCH3 is 1. The molecule has 0 bridgehead atoms. The van der Waals surface area contributed by atoms with Gasteiger partial charge in [-0.15, -0.1) is 0 Å². The van der Waals surface area contributed by atoms with E-state index in [9.17, 15) is 9.59 Å². The van der Waals surface area contributed by atoms with Crippen LogP contribution in [0.3, 0.4) is 0 Å². The summed E-state index contributed by atoms with van der Waals surface area (Å²) in [5.41, 5.74) is 7.23. The third kappa shape index (κ3) is 4.60. The highest BCUT2D eigenvalue weighted by Crippen LogP contribution is 2.39. The molecule has 0 spiro atoms. The lowest BCUT2D eigenvalue weighted by atomic mass is 9.92. The van der Waals surface area contributed by atoms with Crippen molar-refractivity contribution in [2.24, 2.45) is 0 Å². The Hall–Kier alpha value is -4.39. The van der Waals surface area contributed by atoms with Crippen molar-refractivity contribution in [1.29, 1.82) is 0 Å². The number of nitrogens with one attached hydrogen (secondary N) is 2. The third-order valence-corrected chi connectivity index (χ3v) is 6.93. The molecule has 5 rings (SSSR count). The highest BCUT2D eigenvalue weighted by molar-refractivity contribution is 6.05. The Balaban J connectivity index is 1.44. The number of carbonyl (C=O) groups is 2. The van der Waals surface area contributed by atoms with Crippen molar-refractivity contribution in [1.82, 2.24) is 14.9 Å². The maximum atomic E-state index is 13.2. The standard InChI is InChI=1S/C30H30N4O3/c1-18-9-5-6-12-23(18)26-19(2)24(13-14-25(26)37-4)28-31-20(3)27(33-28)29(35)32-22-11-7-10-21(17-22)30(36)34-15-8-16-34/h5-7,9-14,17H,8,15-16H2,1-4H3,(H,31,33)(H,32,35). The Labute approximate surface area is 216 Å². The number of hydrogen-bond acceptors (Lipinski definition) is 4. The first-order valence-corrected chi connectivity index (χ1v) is 12.4. The number of hydrogen-bond donors (Lipinski definition) is 2. The summed E-state index contributed by atoms with van der Waals surface area (Å²) in [6, 6.07) is 19.1. The van der Waals surface area contributed by atoms with Crippen molar-refractivity contribution >= 4 is 17.5 Å². The number of anilines is 1. The number of amides is 2. The summed E-state index contributed by atoms with van der Waals surface area (Å²) in [4.78, 5) is 35.5. The van der Waals surface area contributed by atoms with Crippen LogP contribution in [0.25, 0.3) is 22.5 Å². The monoisotopic (exact) mass is 494 g/mol. The van der Waals surface area contributed by atoms with Crippen LogP contribution >= 0.6 is 0 Å². The quantitative estimate of drug-likeness (QED) is 0.356. The lowest BCUT2D eigenvalue weighted by molar-refractivity contribution is 0.0651. The fraction of sp³-hybridized carbons (Fsp3) is 0.233. The van der Waals surface area contributed by atoms with Crippen LogP contribution in [-0.2, 0) is 0 Å². The number of aromatic nitrogens is 2. The zero-order valence-electron chi connectivity index (χ0n) is 21.5. The molecule has 2 amide bonds. The maximum Gasteiger partial charge on any atom is 0.276 e. The molecule has 7 heteroatoms. The van der Waals surface area contributed by atoms with Crippen molar-refractivity contribution in [2.45, 2.75) is 27.2 Å². The summed E-state index contributed by atoms with van der Waals surface area (Å²) in [6.07, 6.45) is 1.03. The zero-order chi connectivity index (χ0) is 26.1. The van der Waals surface area contributed by atoms with Crippen LogP contribution in [0.5, 0.6) is 5.75 Å². The fourth-order valence-electron chi connectivity index (χ4n) is 4.73. The number of nitrogens with zero attached hydrogens (tertiary/aromatic N) is 2. The minimum Gasteiger partial charge on any atom is -0.496 e. The average Bonchev–Trinajstić information content (AvgIpc) is 3.24. The van der Waals surface area contributed by atoms with Crippen LogP contribution in [-0.4, -0.2) is 46.9 Å². The molecule has 1 aliphatic rings. The van der Waals surface area contributed by atoms with Gasteiger partial charge < -0.3 is 19.9 Å². The Morgan fingerprint density at radius 1 is 0.973 bits per heavy atom. The Morgan fingerprint density at radius 2 is 1.76 bits per heavy atom. The molecule has 7 nitrogen and oxygen atoms in total. The van der Waals surface area contributed by atoms with Gasteiger partial charge in [-0.25, -0.2) is 4.98 Å². The number of carbonyl (C=O) groups excluding carboxylic acids is 2. The minimum atomic E-state index is -0.334. The zero-order valence-corrected chi connectivity index (χ0v) is 21.5. The molecule has 2 N–H and O–H groups in total. The highest BCUT2D eigenvalue weighted by Gasteiger charge is 2.23. The summed E-state index contributed by atoms with van der Waals surface area (Å²) < 4.78 is 5.69. The first kappa shape index (κ1) is 24.3. The molecule has 1 aromatic heterocycles. The van der Waals surface area contributed by atoms with Gasteiger partial charge in [-0.05, 0) is 74.2 Å². The van der Waals surface area contributed by atoms with Crippen LogP contribution < -0.4 is 10.1 Å². The van der Waals surface area contributed by atoms with Gasteiger partial charge in [0.15, 0.2) is 0 Å². The smallest absolute Gasteiger partial charge is 0.276 e. The molecular formula is C30H30N4O3. The molecule has 0 saturated carbocycles. The number of aryl methyl sites for hydroxylation is 2. The molecule has 37 heavy (non-hydrogen) atoms. The number of likely N-dealkylation sites (tertiary alicyclic amines) is 1. The van der Waals surface area contributed by atoms with E-state index in [2.05, 4.69) is 34.3 Å². The van der Waals surface area contributed by atoms with Gasteiger partial charge in [0.2, 0.25) is 0 Å². The van der Waals surface area contributed by atoms with E-state index < -0.39 is 0 Å². The van der Waals surface area contributed by atoms with Gasteiger partial charge >= 0.3 is 0 Å². The van der Waals surface area contributed by atoms with Crippen molar-refractivity contribution in [3.63, 3.8) is 0 Å². The molecule has 2 heterocycles. The number of aromatic amines is 1. The molecule has 0 aliphatic carbocycles. The van der Waals surface area contributed by atoms with Gasteiger partial charge in [-0.2, -0.15) is 0 Å². The summed E-state index contributed by atoms with van der Waals surface area (Å²) in [7, 11) is 1.67. The maximum absolute atomic E-state index is 13.2. The third-order valence-electron chi connectivity index (χ3n) is 6.93. The summed E-state index contributed by atoms with van der Waals surface area (Å²) >= 11 is 0. The van der Waals surface area contributed by atoms with Crippen molar-refractivity contribution in [3.8, 4) is 28.3 Å². The van der Waals surface area contributed by atoms with E-state index in [1.165, 1.54) is 0 Å². The molecule has 1 saturated heterocycles. The predicted molar refractivity (Wildman–Crippen MR) is 145 cm³/mol. The SMILES string of the molecule is COc1ccc(-c2nc(C(=O)Nc3cccc(C(=O)N4CCC4)c3)c(C)[nH]2)c(C)c1-c1ccccc1C. The molecule has 1 aliphatic heterocycles. The number of ether oxygens (including phenoxy) is 1. The first-order chi connectivity index (χ1) is 17.9. The van der Waals surface area contributed by atoms with Crippen molar-refractivity contribution < 1.29 is 14.3 Å². The van der Waals surface area contributed by atoms with E-state index in [0.29, 0.717) is 28.5 Å². The predicted octanol–water partition coefficient (Wildman–Crippen LogP) is 5.78. The van der Waals surface area contributed by atoms with Gasteiger partial charge in [0.25, 0.3) is 11.8 Å². The Bertz CT molecular complexity index is 1500. The number of H-pyrrole nitrogens is 1. The number of benzene rings is 3. The summed E-state index contributed by atoms with van der Waals surface area (Å²) in [5.74, 6) is 1.04. The van der Waals surface area contributed by atoms with E-state index in [4.69, 9.17) is 4.74 Å². The second-order valence-electron chi connectivity index (χ2n) is 9.37. The molecule has 0 radical (unpaired) electrons. The second kappa shape index (κ2) is 9.93. The fourth-order valence-corrected chi connectivity index (χ4v) is 4.73. The summed E-state index contributed by atoms with van der Waals surface area (Å²) in [6.45, 7) is 7.50. The highest BCUT2D eigenvalue weighted by atomic mass is 16.5. The van der Waals surface area contributed by atoms with Gasteiger partial charge in [-0.1, -0.05) is 30.3 Å². The van der Waals surface area contributed by atoms with Crippen molar-refractivity contribution in [2.75, 3.05) is 25.5 Å². The first-order valence-electron chi connectivity index (χ1n) is 12.4. The van der Waals surface area contributed by atoms with Crippen LogP contribution in [0.4, 0.5) is 5.69 Å². The van der Waals surface area contributed by atoms with Gasteiger partial charge in [0, 0.05) is 41.2 Å². The summed E-state index contributed by atoms with van der Waals surface area (Å²) in [5, 5.41) is 2.90. The molecule has 1 fully saturated rings. The van der Waals surface area contributed by atoms with Crippen LogP contribution in [0.2, 0.25) is 0 Å². The Morgan fingerprint density at radius 3 is 2.46 bits per heavy atom. The molecule has 3 aromatic carbocycles. The topological polar surface area (TPSA) is 87.3 Å². The van der Waals surface area contributed by atoms with E-state index >= 15 is 0 Å². The van der Waals surface area contributed by atoms with E-state index in [1.807, 2.05) is 38.1 Å². The lowest BCUT2D eigenvalue weighted by Gasteiger charge is -2.31. The number of imidazole rings is 1. The van der Waals surface area contributed by atoms with Crippen LogP contribution in [0, 0.1) is 20.8 Å². The average molecular weight is 495 g/mol. The molecule has 0 atom stereocenters. The van der Waals surface area contributed by atoms with Crippen LogP contribution in [0.15, 0.2) is 60.7 Å². The van der Waals surface area contributed by atoms with Crippen molar-refractivity contribution in [3.05, 3.63) is 88.7 Å². The van der Waals surface area contributed by atoms with Gasteiger partial charge in [0.1, 0.15) is 17.3 Å². The van der Waals surface area contributed by atoms with Gasteiger partial charge in [0.05, 0.1) is 7.11 Å². The minimum absolute atomic E-state index is 0.0139. The molecule has 0 unspecified atom stereocenters. The Kier molecular flexibility index (Phi) is 6.53. The largest absolute Gasteiger partial charge is 0.496 e. The van der Waals surface area contributed by atoms with E-state index in [0.717, 1.165) is 53.1 Å². The molecule has 188 valence electrons. The number of rotatable bonds is 6. The lowest BCUT2D eigenvalue weighted by Crippen LogP contribution is -2.42.